The molecule has 1 N–H and O–H groups in total. The number of hydrogen-bond donors (Lipinski definition) is 1. The van der Waals surface area contributed by atoms with E-state index in [4.69, 9.17) is 11.6 Å². The molecule has 0 aliphatic carbocycles. The van der Waals surface area contributed by atoms with Crippen molar-refractivity contribution in [2.75, 3.05) is 5.32 Å². The van der Waals surface area contributed by atoms with Crippen molar-refractivity contribution in [3.8, 4) is 0 Å². The van der Waals surface area contributed by atoms with Crippen molar-refractivity contribution in [2.24, 2.45) is 0 Å². The molecule has 1 aromatic carbocycles. The molecule has 0 aliphatic rings. The van der Waals surface area contributed by atoms with Gasteiger partial charge in [0.1, 0.15) is 5.82 Å². The van der Waals surface area contributed by atoms with Gasteiger partial charge in [-0.2, -0.15) is 0 Å². The minimum absolute atomic E-state index is 0.123. The normalized spacial score (nSPS) is 10.9. The third kappa shape index (κ3) is 3.67. The Labute approximate surface area is 123 Å². The van der Waals surface area contributed by atoms with Crippen LogP contribution in [0.3, 0.4) is 0 Å². The van der Waals surface area contributed by atoms with Gasteiger partial charge < -0.3 is 5.32 Å². The summed E-state index contributed by atoms with van der Waals surface area (Å²) in [4.78, 5) is 8.80. The van der Waals surface area contributed by atoms with Crippen LogP contribution in [0.2, 0.25) is 5.02 Å². The zero-order chi connectivity index (χ0) is 14.7. The third-order valence-electron chi connectivity index (χ3n) is 2.90. The van der Waals surface area contributed by atoms with E-state index in [1.165, 1.54) is 6.07 Å². The number of hydrogen-bond acceptors (Lipinski definition) is 3. The topological polar surface area (TPSA) is 37.8 Å². The van der Waals surface area contributed by atoms with E-state index in [9.17, 15) is 4.39 Å². The first kappa shape index (κ1) is 14.7. The third-order valence-corrected chi connectivity index (χ3v) is 3.19. The number of aromatic nitrogens is 2. The smallest absolute Gasteiger partial charge is 0.223 e. The number of benzene rings is 1. The highest BCUT2D eigenvalue weighted by atomic mass is 35.5. The molecule has 2 rings (SSSR count). The lowest BCUT2D eigenvalue weighted by molar-refractivity contribution is 0.627. The summed E-state index contributed by atoms with van der Waals surface area (Å²) in [7, 11) is 0. The Bertz CT molecular complexity index is 614. The molecule has 0 unspecified atom stereocenters. The molecule has 0 bridgehead atoms. The molecule has 2 aromatic rings. The average Bonchev–Trinajstić information content (AvgIpc) is 2.39. The Morgan fingerprint density at radius 3 is 2.65 bits per heavy atom. The van der Waals surface area contributed by atoms with E-state index >= 15 is 0 Å². The van der Waals surface area contributed by atoms with Gasteiger partial charge >= 0.3 is 0 Å². The molecule has 0 radical (unpaired) electrons. The van der Waals surface area contributed by atoms with Gasteiger partial charge in [-0.15, -0.1) is 0 Å². The highest BCUT2D eigenvalue weighted by molar-refractivity contribution is 6.30. The molecule has 0 aliphatic heterocycles. The zero-order valence-electron chi connectivity index (χ0n) is 11.7. The lowest BCUT2D eigenvalue weighted by Gasteiger charge is -2.10. The van der Waals surface area contributed by atoms with E-state index in [2.05, 4.69) is 29.1 Å². The number of anilines is 1. The van der Waals surface area contributed by atoms with E-state index in [0.29, 0.717) is 18.4 Å². The van der Waals surface area contributed by atoms with Gasteiger partial charge in [0.2, 0.25) is 5.95 Å². The van der Waals surface area contributed by atoms with E-state index in [-0.39, 0.29) is 5.02 Å². The molecule has 0 saturated carbocycles. The van der Waals surface area contributed by atoms with Gasteiger partial charge in [0.15, 0.2) is 0 Å². The summed E-state index contributed by atoms with van der Waals surface area (Å²) in [5, 5.41) is 3.26. The lowest BCUT2D eigenvalue weighted by atomic mass is 10.1. The lowest BCUT2D eigenvalue weighted by Crippen LogP contribution is -2.07. The number of nitrogens with zero attached hydrogens (tertiary/aromatic N) is 2. The van der Waals surface area contributed by atoms with Crippen molar-refractivity contribution in [1.82, 2.24) is 9.97 Å². The maximum absolute atomic E-state index is 13.1. The zero-order valence-corrected chi connectivity index (χ0v) is 12.5. The van der Waals surface area contributed by atoms with Crippen LogP contribution in [0.25, 0.3) is 0 Å². The number of aryl methyl sites for hydroxylation is 1. The second-order valence-corrected chi connectivity index (χ2v) is 5.42. The Morgan fingerprint density at radius 1 is 1.25 bits per heavy atom. The Balaban J connectivity index is 2.12. The monoisotopic (exact) mass is 293 g/mol. The van der Waals surface area contributed by atoms with E-state index in [0.717, 1.165) is 17.0 Å². The predicted molar refractivity (Wildman–Crippen MR) is 79.6 cm³/mol. The Hall–Kier alpha value is -1.68. The SMILES string of the molecule is Cc1cc(C(C)C)nc(NCc2ccc(F)c(Cl)c2)n1. The molecule has 0 saturated heterocycles. The first-order valence-electron chi connectivity index (χ1n) is 6.49. The van der Waals surface area contributed by atoms with Crippen molar-refractivity contribution in [3.63, 3.8) is 0 Å². The summed E-state index contributed by atoms with van der Waals surface area (Å²) >= 11 is 5.75. The second-order valence-electron chi connectivity index (χ2n) is 5.01. The van der Waals surface area contributed by atoms with E-state index in [1.807, 2.05) is 13.0 Å². The first-order chi connectivity index (χ1) is 9.45. The molecule has 0 atom stereocenters. The van der Waals surface area contributed by atoms with Crippen LogP contribution in [0, 0.1) is 12.7 Å². The highest BCUT2D eigenvalue weighted by Gasteiger charge is 2.06. The number of rotatable bonds is 4. The molecule has 1 heterocycles. The van der Waals surface area contributed by atoms with Crippen LogP contribution in [-0.2, 0) is 6.54 Å². The van der Waals surface area contributed by atoms with Gasteiger partial charge in [-0.25, -0.2) is 14.4 Å². The molecule has 20 heavy (non-hydrogen) atoms. The van der Waals surface area contributed by atoms with Gasteiger partial charge in [0, 0.05) is 17.9 Å². The van der Waals surface area contributed by atoms with Gasteiger partial charge in [0.25, 0.3) is 0 Å². The van der Waals surface area contributed by atoms with Gasteiger partial charge in [-0.3, -0.25) is 0 Å². The summed E-state index contributed by atoms with van der Waals surface area (Å²) in [6.07, 6.45) is 0. The van der Waals surface area contributed by atoms with Crippen LogP contribution in [-0.4, -0.2) is 9.97 Å². The summed E-state index contributed by atoms with van der Waals surface area (Å²) in [5.41, 5.74) is 2.80. The molecule has 5 heteroatoms. The van der Waals surface area contributed by atoms with Gasteiger partial charge in [0.05, 0.1) is 5.02 Å². The largest absolute Gasteiger partial charge is 0.350 e. The fourth-order valence-corrected chi connectivity index (χ4v) is 2.00. The Morgan fingerprint density at radius 2 is 2.00 bits per heavy atom. The molecule has 0 amide bonds. The minimum atomic E-state index is -0.413. The second kappa shape index (κ2) is 6.18. The fourth-order valence-electron chi connectivity index (χ4n) is 1.80. The van der Waals surface area contributed by atoms with Crippen LogP contribution in [0.5, 0.6) is 0 Å². The average molecular weight is 294 g/mol. The molecule has 106 valence electrons. The molecular formula is C15H17ClFN3. The van der Waals surface area contributed by atoms with Crippen molar-refractivity contribution in [3.05, 3.63) is 52.1 Å². The summed E-state index contributed by atoms with van der Waals surface area (Å²) < 4.78 is 13.1. The number of nitrogens with one attached hydrogen (secondary N) is 1. The first-order valence-corrected chi connectivity index (χ1v) is 6.87. The predicted octanol–water partition coefficient (Wildman–Crippen LogP) is 4.31. The summed E-state index contributed by atoms with van der Waals surface area (Å²) in [6, 6.07) is 6.62. The van der Waals surface area contributed by atoms with E-state index < -0.39 is 5.82 Å². The van der Waals surface area contributed by atoms with Crippen LogP contribution in [0.1, 0.15) is 36.7 Å². The highest BCUT2D eigenvalue weighted by Crippen LogP contribution is 2.18. The van der Waals surface area contributed by atoms with Crippen molar-refractivity contribution in [1.29, 1.82) is 0 Å². The van der Waals surface area contributed by atoms with Gasteiger partial charge in [-0.05, 0) is 36.6 Å². The molecule has 1 aromatic heterocycles. The maximum Gasteiger partial charge on any atom is 0.223 e. The maximum atomic E-state index is 13.1. The van der Waals surface area contributed by atoms with Crippen molar-refractivity contribution < 1.29 is 4.39 Å². The summed E-state index contributed by atoms with van der Waals surface area (Å²) in [5.74, 6) is 0.510. The van der Waals surface area contributed by atoms with E-state index in [1.54, 1.807) is 12.1 Å². The quantitative estimate of drug-likeness (QED) is 0.912. The van der Waals surface area contributed by atoms with Crippen molar-refractivity contribution >= 4 is 17.5 Å². The standard InChI is InChI=1S/C15H17ClFN3/c1-9(2)14-6-10(3)19-15(20-14)18-8-11-4-5-13(17)12(16)7-11/h4-7,9H,8H2,1-3H3,(H,18,19,20). The summed E-state index contributed by atoms with van der Waals surface area (Å²) in [6.45, 7) is 6.62. The van der Waals surface area contributed by atoms with Crippen molar-refractivity contribution in [2.45, 2.75) is 33.2 Å². The minimum Gasteiger partial charge on any atom is -0.350 e. The molecule has 3 nitrogen and oxygen atoms in total. The van der Waals surface area contributed by atoms with Crippen LogP contribution in [0.4, 0.5) is 10.3 Å². The fraction of sp³-hybridized carbons (Fsp3) is 0.333. The number of halogens is 2. The van der Waals surface area contributed by atoms with Gasteiger partial charge in [-0.1, -0.05) is 31.5 Å². The van der Waals surface area contributed by atoms with Crippen LogP contribution < -0.4 is 5.32 Å². The van der Waals surface area contributed by atoms with Crippen LogP contribution >= 0.6 is 11.6 Å². The molecule has 0 fully saturated rings. The van der Waals surface area contributed by atoms with Crippen LogP contribution in [0.15, 0.2) is 24.3 Å². The molecular weight excluding hydrogens is 277 g/mol. The molecule has 0 spiro atoms. The Kier molecular flexibility index (Phi) is 4.55.